The summed E-state index contributed by atoms with van der Waals surface area (Å²) in [5.74, 6) is -0.492. The van der Waals surface area contributed by atoms with Gasteiger partial charge in [-0.2, -0.15) is 0 Å². The van der Waals surface area contributed by atoms with Gasteiger partial charge in [0.2, 0.25) is 0 Å². The van der Waals surface area contributed by atoms with E-state index >= 15 is 0 Å². The van der Waals surface area contributed by atoms with E-state index in [0.29, 0.717) is 11.3 Å². The third-order valence-electron chi connectivity index (χ3n) is 5.93. The second kappa shape index (κ2) is 7.53. The number of nitrogens with zero attached hydrogens (tertiary/aromatic N) is 2. The quantitative estimate of drug-likeness (QED) is 0.862. The summed E-state index contributed by atoms with van der Waals surface area (Å²) >= 11 is 0. The lowest BCUT2D eigenvalue weighted by Crippen LogP contribution is -2.36. The average molecular weight is 383 g/mol. The molecular weight excluding hydrogens is 357 g/mol. The Kier molecular flexibility index (Phi) is 5.08. The largest absolute Gasteiger partial charge is 0.383 e. The van der Waals surface area contributed by atoms with Crippen LogP contribution in [-0.4, -0.2) is 57.8 Å². The minimum atomic E-state index is -0.320. The van der Waals surface area contributed by atoms with Crippen LogP contribution in [0.5, 0.6) is 0 Å². The Bertz CT molecular complexity index is 871. The Balaban J connectivity index is 1.56. The first-order valence-electron chi connectivity index (χ1n) is 9.65. The normalized spacial score (nSPS) is 21.3. The smallest absolute Gasteiger partial charge is 0.255 e. The number of likely N-dealkylation sites (N-methyl/N-ethyl adjacent to an activating group) is 1. The lowest BCUT2D eigenvalue weighted by atomic mass is 9.81. The Morgan fingerprint density at radius 1 is 1.21 bits per heavy atom. The third kappa shape index (κ3) is 3.50. The predicted molar refractivity (Wildman–Crippen MR) is 109 cm³/mol. The van der Waals surface area contributed by atoms with Crippen LogP contribution in [0.4, 0.5) is 15.8 Å². The van der Waals surface area contributed by atoms with Crippen LogP contribution >= 0.6 is 0 Å². The van der Waals surface area contributed by atoms with Gasteiger partial charge in [-0.25, -0.2) is 4.39 Å². The molecule has 1 unspecified atom stereocenters. The van der Waals surface area contributed by atoms with Crippen molar-refractivity contribution in [2.75, 3.05) is 57.2 Å². The number of carbonyl (C=O) groups excluding carboxylic acids is 1. The summed E-state index contributed by atoms with van der Waals surface area (Å²) < 4.78 is 18.3. The number of fused-ring (bicyclic) bond motifs is 2. The summed E-state index contributed by atoms with van der Waals surface area (Å²) in [7, 11) is 3.85. The van der Waals surface area contributed by atoms with Gasteiger partial charge < -0.3 is 19.9 Å². The van der Waals surface area contributed by atoms with Gasteiger partial charge in [0.15, 0.2) is 0 Å². The molecule has 1 saturated heterocycles. The molecule has 0 radical (unpaired) electrons. The highest BCUT2D eigenvalue weighted by atomic mass is 19.1. The van der Waals surface area contributed by atoms with Gasteiger partial charge in [0.25, 0.3) is 5.91 Å². The molecule has 1 fully saturated rings. The molecule has 1 N–H and O–H groups in total. The molecule has 1 spiro atoms. The van der Waals surface area contributed by atoms with E-state index in [9.17, 15) is 9.18 Å². The fraction of sp³-hybridized carbons (Fsp3) is 0.409. The molecular formula is C22H26FN3O2. The maximum atomic E-state index is 13.1. The molecule has 148 valence electrons. The standard InChI is InChI=1S/C22H26FN3O2/c1-25-14-22(9-10-26(15-22)11-12-28-2)19-13-16(3-8-20(19)25)21(27)24-18-6-4-17(23)5-7-18/h3-8,13H,9-12,14-15H2,1-2H3,(H,24,27). The van der Waals surface area contributed by atoms with Crippen molar-refractivity contribution in [2.45, 2.75) is 11.8 Å². The molecule has 0 saturated carbocycles. The van der Waals surface area contributed by atoms with Crippen LogP contribution in [0.15, 0.2) is 42.5 Å². The monoisotopic (exact) mass is 383 g/mol. The number of benzene rings is 2. The van der Waals surface area contributed by atoms with E-state index in [2.05, 4.69) is 22.2 Å². The zero-order valence-corrected chi connectivity index (χ0v) is 16.4. The summed E-state index contributed by atoms with van der Waals surface area (Å²) in [4.78, 5) is 17.5. The van der Waals surface area contributed by atoms with E-state index in [0.717, 1.165) is 39.2 Å². The topological polar surface area (TPSA) is 44.8 Å². The van der Waals surface area contributed by atoms with Gasteiger partial charge in [0, 0.05) is 56.1 Å². The fourth-order valence-corrected chi connectivity index (χ4v) is 4.51. The van der Waals surface area contributed by atoms with Crippen molar-refractivity contribution in [3.05, 3.63) is 59.4 Å². The van der Waals surface area contributed by atoms with Gasteiger partial charge >= 0.3 is 0 Å². The van der Waals surface area contributed by atoms with Gasteiger partial charge in [-0.05, 0) is 61.0 Å². The van der Waals surface area contributed by atoms with Crippen molar-refractivity contribution in [2.24, 2.45) is 0 Å². The van der Waals surface area contributed by atoms with Gasteiger partial charge in [-0.1, -0.05) is 0 Å². The van der Waals surface area contributed by atoms with Crippen molar-refractivity contribution < 1.29 is 13.9 Å². The number of hydrogen-bond donors (Lipinski definition) is 1. The Morgan fingerprint density at radius 3 is 2.75 bits per heavy atom. The van der Waals surface area contributed by atoms with Crippen molar-refractivity contribution in [1.82, 2.24) is 4.90 Å². The van der Waals surface area contributed by atoms with Crippen molar-refractivity contribution >= 4 is 17.3 Å². The number of nitrogens with one attached hydrogen (secondary N) is 1. The van der Waals surface area contributed by atoms with Gasteiger partial charge in [0.05, 0.1) is 6.61 Å². The van der Waals surface area contributed by atoms with Crippen LogP contribution < -0.4 is 10.2 Å². The van der Waals surface area contributed by atoms with Crippen molar-refractivity contribution in [1.29, 1.82) is 0 Å². The number of ether oxygens (including phenoxy) is 1. The zero-order chi connectivity index (χ0) is 19.7. The molecule has 2 aromatic carbocycles. The van der Waals surface area contributed by atoms with Gasteiger partial charge in [0.1, 0.15) is 5.82 Å². The minimum Gasteiger partial charge on any atom is -0.383 e. The molecule has 2 heterocycles. The highest BCUT2D eigenvalue weighted by Crippen LogP contribution is 2.46. The summed E-state index contributed by atoms with van der Waals surface area (Å²) in [5, 5.41) is 2.86. The molecule has 2 aliphatic rings. The molecule has 0 bridgehead atoms. The summed E-state index contributed by atoms with van der Waals surface area (Å²) in [6.07, 6.45) is 1.08. The maximum Gasteiger partial charge on any atom is 0.255 e. The highest BCUT2D eigenvalue weighted by Gasteiger charge is 2.46. The predicted octanol–water partition coefficient (Wildman–Crippen LogP) is 3.12. The average Bonchev–Trinajstić information content (AvgIpc) is 3.23. The van der Waals surface area contributed by atoms with E-state index in [4.69, 9.17) is 4.74 Å². The van der Waals surface area contributed by atoms with Crippen LogP contribution in [0.3, 0.4) is 0 Å². The second-order valence-corrected chi connectivity index (χ2v) is 7.85. The maximum absolute atomic E-state index is 13.1. The minimum absolute atomic E-state index is 0.0595. The van der Waals surface area contributed by atoms with Gasteiger partial charge in [-0.15, -0.1) is 0 Å². The molecule has 1 atom stereocenters. The van der Waals surface area contributed by atoms with Crippen LogP contribution in [0.2, 0.25) is 0 Å². The molecule has 5 nitrogen and oxygen atoms in total. The van der Waals surface area contributed by atoms with E-state index in [-0.39, 0.29) is 17.1 Å². The first-order valence-corrected chi connectivity index (χ1v) is 9.65. The van der Waals surface area contributed by atoms with E-state index in [1.54, 1.807) is 19.2 Å². The van der Waals surface area contributed by atoms with E-state index in [1.807, 2.05) is 18.2 Å². The molecule has 28 heavy (non-hydrogen) atoms. The molecule has 1 amide bonds. The Hall–Kier alpha value is -2.44. The number of anilines is 2. The van der Waals surface area contributed by atoms with E-state index in [1.165, 1.54) is 23.4 Å². The number of hydrogen-bond acceptors (Lipinski definition) is 4. The van der Waals surface area contributed by atoms with Crippen molar-refractivity contribution in [3.63, 3.8) is 0 Å². The Morgan fingerprint density at radius 2 is 2.00 bits per heavy atom. The van der Waals surface area contributed by atoms with Crippen LogP contribution in [0, 0.1) is 5.82 Å². The first-order chi connectivity index (χ1) is 13.5. The van der Waals surface area contributed by atoms with Crippen LogP contribution in [0.1, 0.15) is 22.3 Å². The number of amides is 1. The molecule has 6 heteroatoms. The second-order valence-electron chi connectivity index (χ2n) is 7.85. The number of likely N-dealkylation sites (tertiary alicyclic amines) is 1. The number of rotatable bonds is 5. The molecule has 2 aliphatic heterocycles. The van der Waals surface area contributed by atoms with Crippen LogP contribution in [-0.2, 0) is 10.2 Å². The Labute approximate surface area is 165 Å². The number of halogens is 1. The molecule has 4 rings (SSSR count). The summed E-state index contributed by atoms with van der Waals surface area (Å²) in [6, 6.07) is 11.8. The fourth-order valence-electron chi connectivity index (χ4n) is 4.51. The highest BCUT2D eigenvalue weighted by molar-refractivity contribution is 6.04. The number of carbonyl (C=O) groups is 1. The first kappa shape index (κ1) is 18.9. The molecule has 2 aromatic rings. The number of methoxy groups -OCH3 is 1. The molecule has 0 aromatic heterocycles. The molecule has 0 aliphatic carbocycles. The van der Waals surface area contributed by atoms with Crippen LogP contribution in [0.25, 0.3) is 0 Å². The summed E-state index contributed by atoms with van der Waals surface area (Å²) in [5.41, 5.74) is 3.73. The zero-order valence-electron chi connectivity index (χ0n) is 16.4. The SMILES string of the molecule is COCCN1CCC2(C1)CN(C)c1ccc(C(=O)Nc3ccc(F)cc3)cc12. The lowest BCUT2D eigenvalue weighted by Gasteiger charge is -2.25. The lowest BCUT2D eigenvalue weighted by molar-refractivity contribution is 0.102. The summed E-state index contributed by atoms with van der Waals surface area (Å²) in [6.45, 7) is 4.66. The van der Waals surface area contributed by atoms with Crippen molar-refractivity contribution in [3.8, 4) is 0 Å². The van der Waals surface area contributed by atoms with E-state index < -0.39 is 0 Å². The third-order valence-corrected chi connectivity index (χ3v) is 5.93. The van der Waals surface area contributed by atoms with Gasteiger partial charge in [-0.3, -0.25) is 4.79 Å².